The molecule has 0 saturated heterocycles. The Balaban J connectivity index is 2.90. The van der Waals surface area contributed by atoms with E-state index in [4.69, 9.17) is 5.11 Å². The second-order valence-electron chi connectivity index (χ2n) is 3.56. The normalized spacial score (nSPS) is 9.94. The number of carbonyl (C=O) groups excluding carboxylic acids is 1. The number of nitrogens with zero attached hydrogens (tertiary/aromatic N) is 3. The summed E-state index contributed by atoms with van der Waals surface area (Å²) >= 11 is 0. The Morgan fingerprint density at radius 2 is 2.06 bits per heavy atom. The largest absolute Gasteiger partial charge is 0.478 e. The van der Waals surface area contributed by atoms with Gasteiger partial charge in [0.2, 0.25) is 5.91 Å². The van der Waals surface area contributed by atoms with Crippen molar-refractivity contribution in [2.75, 3.05) is 14.1 Å². The van der Waals surface area contributed by atoms with Gasteiger partial charge in [-0.2, -0.15) is 0 Å². The van der Waals surface area contributed by atoms with E-state index in [-0.39, 0.29) is 17.9 Å². The van der Waals surface area contributed by atoms with Crippen molar-refractivity contribution >= 4 is 11.9 Å². The molecule has 1 rings (SSSR count). The van der Waals surface area contributed by atoms with E-state index in [0.29, 0.717) is 11.5 Å². The summed E-state index contributed by atoms with van der Waals surface area (Å²) in [5, 5.41) is 8.77. The van der Waals surface area contributed by atoms with Gasteiger partial charge in [-0.25, -0.2) is 14.8 Å². The molecule has 1 aromatic rings. The standard InChI is InChI=1S/C10H13N3O3/c1-6-7(10(15)16)5-11-8(12-6)4-9(14)13(2)3/h5H,4H2,1-3H3,(H,15,16). The summed E-state index contributed by atoms with van der Waals surface area (Å²) in [6, 6.07) is 0. The van der Waals surface area contributed by atoms with E-state index in [1.165, 1.54) is 11.1 Å². The molecule has 16 heavy (non-hydrogen) atoms. The van der Waals surface area contributed by atoms with Crippen molar-refractivity contribution in [1.82, 2.24) is 14.9 Å². The highest BCUT2D eigenvalue weighted by molar-refractivity contribution is 5.88. The van der Waals surface area contributed by atoms with E-state index < -0.39 is 5.97 Å². The fourth-order valence-corrected chi connectivity index (χ4v) is 1.10. The van der Waals surface area contributed by atoms with Gasteiger partial charge in [-0.15, -0.1) is 0 Å². The molecule has 1 amide bonds. The molecular formula is C10H13N3O3. The quantitative estimate of drug-likeness (QED) is 0.786. The average molecular weight is 223 g/mol. The lowest BCUT2D eigenvalue weighted by Crippen LogP contribution is -2.24. The van der Waals surface area contributed by atoms with Gasteiger partial charge in [0.15, 0.2) is 0 Å². The van der Waals surface area contributed by atoms with Crippen LogP contribution in [-0.4, -0.2) is 45.9 Å². The highest BCUT2D eigenvalue weighted by Crippen LogP contribution is 2.04. The minimum Gasteiger partial charge on any atom is -0.478 e. The number of rotatable bonds is 3. The first-order chi connectivity index (χ1) is 7.41. The van der Waals surface area contributed by atoms with Gasteiger partial charge in [0, 0.05) is 20.3 Å². The third-order valence-electron chi connectivity index (χ3n) is 2.07. The zero-order valence-electron chi connectivity index (χ0n) is 9.39. The Hall–Kier alpha value is -1.98. The van der Waals surface area contributed by atoms with Crippen molar-refractivity contribution in [3.63, 3.8) is 0 Å². The zero-order chi connectivity index (χ0) is 12.3. The summed E-state index contributed by atoms with van der Waals surface area (Å²) in [7, 11) is 3.28. The molecule has 1 aromatic heterocycles. The van der Waals surface area contributed by atoms with Gasteiger partial charge < -0.3 is 10.0 Å². The molecule has 0 aliphatic carbocycles. The fourth-order valence-electron chi connectivity index (χ4n) is 1.10. The van der Waals surface area contributed by atoms with Crippen molar-refractivity contribution in [1.29, 1.82) is 0 Å². The van der Waals surface area contributed by atoms with Crippen LogP contribution < -0.4 is 0 Å². The Labute approximate surface area is 92.9 Å². The van der Waals surface area contributed by atoms with Crippen LogP contribution in [0.25, 0.3) is 0 Å². The third kappa shape index (κ3) is 2.75. The van der Waals surface area contributed by atoms with Crippen molar-refractivity contribution in [3.05, 3.63) is 23.3 Å². The summed E-state index contributed by atoms with van der Waals surface area (Å²) in [6.45, 7) is 1.58. The van der Waals surface area contributed by atoms with Crippen LogP contribution in [0.3, 0.4) is 0 Å². The van der Waals surface area contributed by atoms with Crippen LogP contribution in [0.2, 0.25) is 0 Å². The van der Waals surface area contributed by atoms with E-state index in [9.17, 15) is 9.59 Å². The summed E-state index contributed by atoms with van der Waals surface area (Å²) in [6.07, 6.45) is 1.30. The molecule has 0 radical (unpaired) electrons. The fraction of sp³-hybridized carbons (Fsp3) is 0.400. The summed E-state index contributed by atoms with van der Waals surface area (Å²) in [4.78, 5) is 31.3. The molecule has 1 N–H and O–H groups in total. The van der Waals surface area contributed by atoms with Crippen LogP contribution in [0.15, 0.2) is 6.20 Å². The summed E-state index contributed by atoms with van der Waals surface area (Å²) < 4.78 is 0. The molecule has 0 unspecified atom stereocenters. The van der Waals surface area contributed by atoms with E-state index in [2.05, 4.69) is 9.97 Å². The van der Waals surface area contributed by atoms with Crippen LogP contribution in [-0.2, 0) is 11.2 Å². The van der Waals surface area contributed by atoms with Crippen LogP contribution in [0.4, 0.5) is 0 Å². The Morgan fingerprint density at radius 3 is 2.50 bits per heavy atom. The first-order valence-electron chi connectivity index (χ1n) is 4.67. The smallest absolute Gasteiger partial charge is 0.339 e. The maximum absolute atomic E-state index is 11.4. The lowest BCUT2D eigenvalue weighted by molar-refractivity contribution is -0.128. The monoisotopic (exact) mass is 223 g/mol. The molecular weight excluding hydrogens is 210 g/mol. The lowest BCUT2D eigenvalue weighted by Gasteiger charge is -2.09. The van der Waals surface area contributed by atoms with Gasteiger partial charge in [-0.1, -0.05) is 0 Å². The van der Waals surface area contributed by atoms with Crippen molar-refractivity contribution in [2.24, 2.45) is 0 Å². The number of aromatic nitrogens is 2. The summed E-state index contributed by atoms with van der Waals surface area (Å²) in [5.74, 6) is -0.855. The SMILES string of the molecule is Cc1nc(CC(=O)N(C)C)ncc1C(=O)O. The van der Waals surface area contributed by atoms with E-state index in [1.807, 2.05) is 0 Å². The van der Waals surface area contributed by atoms with Gasteiger partial charge in [-0.05, 0) is 6.92 Å². The summed E-state index contributed by atoms with van der Waals surface area (Å²) in [5.41, 5.74) is 0.421. The Kier molecular flexibility index (Phi) is 3.55. The molecule has 0 spiro atoms. The van der Waals surface area contributed by atoms with Gasteiger partial charge in [0.1, 0.15) is 5.82 Å². The molecule has 1 heterocycles. The van der Waals surface area contributed by atoms with Crippen LogP contribution >= 0.6 is 0 Å². The molecule has 86 valence electrons. The average Bonchev–Trinajstić information content (AvgIpc) is 2.16. The molecule has 0 aliphatic rings. The van der Waals surface area contributed by atoms with Gasteiger partial charge in [0.05, 0.1) is 17.7 Å². The predicted molar refractivity (Wildman–Crippen MR) is 56.1 cm³/mol. The van der Waals surface area contributed by atoms with E-state index >= 15 is 0 Å². The van der Waals surface area contributed by atoms with E-state index in [1.54, 1.807) is 21.0 Å². The number of carboxylic acid groups (broad SMARTS) is 1. The van der Waals surface area contributed by atoms with Crippen molar-refractivity contribution in [2.45, 2.75) is 13.3 Å². The maximum Gasteiger partial charge on any atom is 0.339 e. The van der Waals surface area contributed by atoms with Crippen LogP contribution in [0, 0.1) is 6.92 Å². The second kappa shape index (κ2) is 4.69. The lowest BCUT2D eigenvalue weighted by atomic mass is 10.2. The highest BCUT2D eigenvalue weighted by Gasteiger charge is 2.12. The van der Waals surface area contributed by atoms with Gasteiger partial charge in [0.25, 0.3) is 0 Å². The second-order valence-corrected chi connectivity index (χ2v) is 3.56. The molecule has 0 fully saturated rings. The molecule has 0 aromatic carbocycles. The van der Waals surface area contributed by atoms with Gasteiger partial charge in [-0.3, -0.25) is 4.79 Å². The zero-order valence-corrected chi connectivity index (χ0v) is 9.39. The third-order valence-corrected chi connectivity index (χ3v) is 2.07. The first kappa shape index (κ1) is 12.1. The number of aryl methyl sites for hydroxylation is 1. The number of hydrogen-bond donors (Lipinski definition) is 1. The highest BCUT2D eigenvalue weighted by atomic mass is 16.4. The van der Waals surface area contributed by atoms with Crippen molar-refractivity contribution in [3.8, 4) is 0 Å². The van der Waals surface area contributed by atoms with Crippen LogP contribution in [0.1, 0.15) is 21.9 Å². The Bertz CT molecular complexity index is 429. The van der Waals surface area contributed by atoms with Gasteiger partial charge >= 0.3 is 5.97 Å². The number of carboxylic acids is 1. The van der Waals surface area contributed by atoms with Crippen molar-refractivity contribution < 1.29 is 14.7 Å². The number of carbonyl (C=O) groups is 2. The number of aromatic carboxylic acids is 1. The number of hydrogen-bond acceptors (Lipinski definition) is 4. The molecule has 6 nitrogen and oxygen atoms in total. The topological polar surface area (TPSA) is 83.4 Å². The molecule has 0 aliphatic heterocycles. The molecule has 0 saturated carbocycles. The molecule has 0 bridgehead atoms. The maximum atomic E-state index is 11.4. The molecule has 6 heteroatoms. The minimum absolute atomic E-state index is 0.0565. The van der Waals surface area contributed by atoms with Crippen LogP contribution in [0.5, 0.6) is 0 Å². The van der Waals surface area contributed by atoms with E-state index in [0.717, 1.165) is 0 Å². The predicted octanol–water partition coefficient (Wildman–Crippen LogP) is 0.114. The molecule has 0 atom stereocenters. The number of likely N-dealkylation sites (N-methyl/N-ethyl adjacent to an activating group) is 1. The number of amides is 1. The minimum atomic E-state index is -1.07. The first-order valence-corrected chi connectivity index (χ1v) is 4.67. The Morgan fingerprint density at radius 1 is 1.44 bits per heavy atom.